The summed E-state index contributed by atoms with van der Waals surface area (Å²) in [7, 11) is 0. The van der Waals surface area contributed by atoms with Gasteiger partial charge in [-0.2, -0.15) is 43.9 Å². The summed E-state index contributed by atoms with van der Waals surface area (Å²) in [6.07, 6.45) is -12.5. The molecule has 136 valence electrons. The van der Waals surface area contributed by atoms with Gasteiger partial charge in [0.1, 0.15) is 0 Å². The van der Waals surface area contributed by atoms with Gasteiger partial charge in [-0.15, -0.1) is 0 Å². The van der Waals surface area contributed by atoms with Gasteiger partial charge in [-0.05, 0) is 6.92 Å². The van der Waals surface area contributed by atoms with Crippen LogP contribution in [0.5, 0.6) is 0 Å². The highest BCUT2D eigenvalue weighted by Gasteiger charge is 2.64. The molecule has 0 aliphatic heterocycles. The van der Waals surface area contributed by atoms with Crippen LogP contribution >= 0.6 is 0 Å². The summed E-state index contributed by atoms with van der Waals surface area (Å²) in [6.45, 7) is -0.555. The number of amides is 2. The maximum Gasteiger partial charge on any atom is 0.463 e. The molecule has 0 aromatic rings. The molecule has 0 aliphatic carbocycles. The van der Waals surface area contributed by atoms with Gasteiger partial charge in [0.05, 0.1) is 0 Å². The molecule has 0 heterocycles. The lowest BCUT2D eigenvalue weighted by Crippen LogP contribution is -2.56. The number of hydrogen-bond donors (Lipinski definition) is 2. The van der Waals surface area contributed by atoms with E-state index < -0.39 is 48.6 Å². The van der Waals surface area contributed by atoms with Crippen LogP contribution in [-0.4, -0.2) is 48.6 Å². The summed E-state index contributed by atoms with van der Waals surface area (Å²) in [5, 5.41) is 2.00. The van der Waals surface area contributed by atoms with Crippen molar-refractivity contribution in [3.8, 4) is 0 Å². The quantitative estimate of drug-likeness (QED) is 0.732. The second-order valence-electron chi connectivity index (χ2n) is 4.23. The van der Waals surface area contributed by atoms with Crippen molar-refractivity contribution in [2.24, 2.45) is 0 Å². The minimum absolute atomic E-state index is 0.691. The van der Waals surface area contributed by atoms with Gasteiger partial charge < -0.3 is 10.6 Å². The van der Waals surface area contributed by atoms with Gasteiger partial charge in [0, 0.05) is 12.6 Å². The van der Waals surface area contributed by atoms with Gasteiger partial charge in [-0.1, -0.05) is 0 Å². The predicted molar refractivity (Wildman–Crippen MR) is 52.6 cm³/mol. The Hall–Kier alpha value is -1.76. The molecule has 0 saturated carbocycles. The molecule has 0 rings (SSSR count). The number of halogens is 10. The molecule has 0 fully saturated rings. The summed E-state index contributed by atoms with van der Waals surface area (Å²) in [5.74, 6) is -17.3. The van der Waals surface area contributed by atoms with E-state index in [-0.39, 0.29) is 0 Å². The third-order valence-corrected chi connectivity index (χ3v) is 2.23. The van der Waals surface area contributed by atoms with E-state index >= 15 is 0 Å². The van der Waals surface area contributed by atoms with Gasteiger partial charge in [0.25, 0.3) is 5.91 Å². The first-order valence-corrected chi connectivity index (χ1v) is 5.43. The van der Waals surface area contributed by atoms with E-state index in [1.165, 1.54) is 0 Å². The zero-order valence-electron chi connectivity index (χ0n) is 10.9. The number of hydrogen-bond acceptors (Lipinski definition) is 2. The molecule has 2 amide bonds. The van der Waals surface area contributed by atoms with Crippen LogP contribution in [0, 0.1) is 0 Å². The normalized spacial score (nSPS) is 15.1. The highest BCUT2D eigenvalue weighted by Crippen LogP contribution is 2.36. The summed E-state index contributed by atoms with van der Waals surface area (Å²) >= 11 is 0. The Labute approximate surface area is 121 Å². The third-order valence-electron chi connectivity index (χ3n) is 2.23. The van der Waals surface area contributed by atoms with E-state index in [4.69, 9.17) is 0 Å². The van der Waals surface area contributed by atoms with Crippen molar-refractivity contribution < 1.29 is 53.5 Å². The maximum absolute atomic E-state index is 12.5. The Morgan fingerprint density at radius 1 is 0.783 bits per heavy atom. The van der Waals surface area contributed by atoms with Crippen LogP contribution in [0.3, 0.4) is 0 Å². The van der Waals surface area contributed by atoms with Gasteiger partial charge >= 0.3 is 30.1 Å². The van der Waals surface area contributed by atoms with Gasteiger partial charge in [-0.3, -0.25) is 9.59 Å². The van der Waals surface area contributed by atoms with E-state index in [2.05, 4.69) is 0 Å². The minimum Gasteiger partial charge on any atom is -0.349 e. The Balaban J connectivity index is 4.68. The van der Waals surface area contributed by atoms with Crippen molar-refractivity contribution in [1.82, 2.24) is 10.6 Å². The van der Waals surface area contributed by atoms with Crippen LogP contribution in [0.25, 0.3) is 0 Å². The van der Waals surface area contributed by atoms with E-state index in [1.54, 1.807) is 0 Å². The summed E-state index contributed by atoms with van der Waals surface area (Å²) in [4.78, 5) is 21.3. The number of alkyl halides is 10. The van der Waals surface area contributed by atoms with Crippen molar-refractivity contribution in [1.29, 1.82) is 0 Å². The lowest BCUT2D eigenvalue weighted by atomic mass is 10.2. The van der Waals surface area contributed by atoms with Crippen LogP contribution in [0.4, 0.5) is 43.9 Å². The number of carbonyl (C=O) groups is 2. The molecule has 23 heavy (non-hydrogen) atoms. The molecule has 0 aromatic carbocycles. The highest BCUT2D eigenvalue weighted by atomic mass is 19.4. The lowest BCUT2D eigenvalue weighted by Gasteiger charge is -2.23. The Bertz CT molecular complexity index is 456. The van der Waals surface area contributed by atoms with Crippen LogP contribution < -0.4 is 10.6 Å². The highest BCUT2D eigenvalue weighted by molar-refractivity contribution is 5.85. The van der Waals surface area contributed by atoms with Crippen LogP contribution in [0.1, 0.15) is 6.92 Å². The Kier molecular flexibility index (Phi) is 5.90. The van der Waals surface area contributed by atoms with Crippen molar-refractivity contribution in [3.05, 3.63) is 0 Å². The molecule has 4 nitrogen and oxygen atoms in total. The molecular weight excluding hydrogens is 358 g/mol. The second kappa shape index (κ2) is 6.39. The first kappa shape index (κ1) is 21.2. The third kappa shape index (κ3) is 4.86. The van der Waals surface area contributed by atoms with E-state index in [0.29, 0.717) is 6.92 Å². The van der Waals surface area contributed by atoms with Crippen LogP contribution in [0.2, 0.25) is 0 Å². The zero-order chi connectivity index (χ0) is 18.9. The standard InChI is InChI=1S/C9H8F10N2O2/c1-3(21-5(23)7(12,13)9(17,18)19)2-20-4(22)6(10,11)8(14,15)16/h3H,2H2,1H3,(H,20,22)(H,21,23)/t3-/m0/s1. The average Bonchev–Trinajstić information content (AvgIpc) is 2.32. The maximum atomic E-state index is 12.5. The second-order valence-corrected chi connectivity index (χ2v) is 4.23. The SMILES string of the molecule is C[C@@H](CNC(=O)C(F)(F)C(F)(F)F)NC(=O)C(F)(F)C(F)(F)F. The molecule has 0 bridgehead atoms. The lowest BCUT2D eigenvalue weighted by molar-refractivity contribution is -0.270. The van der Waals surface area contributed by atoms with Gasteiger partial charge in [0.15, 0.2) is 0 Å². The summed E-state index contributed by atoms with van der Waals surface area (Å²) in [5.41, 5.74) is 0. The average molecular weight is 366 g/mol. The fraction of sp³-hybridized carbons (Fsp3) is 0.778. The number of carbonyl (C=O) groups excluding carboxylic acids is 2. The number of rotatable bonds is 5. The Morgan fingerprint density at radius 2 is 1.13 bits per heavy atom. The van der Waals surface area contributed by atoms with Crippen LogP contribution in [-0.2, 0) is 9.59 Å². The van der Waals surface area contributed by atoms with Crippen molar-refractivity contribution >= 4 is 11.8 Å². The molecule has 0 saturated heterocycles. The summed E-state index contributed by atoms with van der Waals surface area (Å²) in [6, 6.07) is -1.79. The predicted octanol–water partition coefficient (Wildman–Crippen LogP) is 2.00. The zero-order valence-corrected chi connectivity index (χ0v) is 10.9. The topological polar surface area (TPSA) is 58.2 Å². The van der Waals surface area contributed by atoms with Crippen LogP contribution in [0.15, 0.2) is 0 Å². The van der Waals surface area contributed by atoms with Crippen molar-refractivity contribution in [2.75, 3.05) is 6.54 Å². The minimum atomic E-state index is -6.23. The molecule has 1 atom stereocenters. The summed E-state index contributed by atoms with van der Waals surface area (Å²) < 4.78 is 121. The fourth-order valence-electron chi connectivity index (χ4n) is 0.980. The van der Waals surface area contributed by atoms with E-state index in [9.17, 15) is 53.5 Å². The fourth-order valence-corrected chi connectivity index (χ4v) is 0.980. The molecule has 14 heteroatoms. The molecule has 0 radical (unpaired) electrons. The first-order valence-electron chi connectivity index (χ1n) is 5.43. The van der Waals surface area contributed by atoms with Gasteiger partial charge in [0.2, 0.25) is 0 Å². The molecule has 2 N–H and O–H groups in total. The molecule has 0 aliphatic rings. The monoisotopic (exact) mass is 366 g/mol. The number of nitrogens with one attached hydrogen (secondary N) is 2. The molecule has 0 spiro atoms. The molecule has 0 unspecified atom stereocenters. The smallest absolute Gasteiger partial charge is 0.349 e. The largest absolute Gasteiger partial charge is 0.463 e. The Morgan fingerprint density at radius 3 is 1.48 bits per heavy atom. The molecular formula is C9H8F10N2O2. The van der Waals surface area contributed by atoms with Gasteiger partial charge in [-0.25, -0.2) is 0 Å². The van der Waals surface area contributed by atoms with E-state index in [1.807, 2.05) is 0 Å². The van der Waals surface area contributed by atoms with Crippen molar-refractivity contribution in [3.63, 3.8) is 0 Å². The molecule has 0 aromatic heterocycles. The van der Waals surface area contributed by atoms with E-state index in [0.717, 1.165) is 10.6 Å². The first-order chi connectivity index (χ1) is 9.94. The van der Waals surface area contributed by atoms with Crippen molar-refractivity contribution in [2.45, 2.75) is 37.2 Å².